The van der Waals surface area contributed by atoms with Gasteiger partial charge in [0, 0.05) is 6.54 Å². The summed E-state index contributed by atoms with van der Waals surface area (Å²) >= 11 is 3.42. The molecule has 3 aliphatic rings. The highest BCUT2D eigenvalue weighted by molar-refractivity contribution is 9.10. The first-order valence-electron chi connectivity index (χ1n) is 10.4. The number of aromatic amines is 1. The van der Waals surface area contributed by atoms with Gasteiger partial charge in [0.1, 0.15) is 4.60 Å². The molecule has 31 heavy (non-hydrogen) atoms. The summed E-state index contributed by atoms with van der Waals surface area (Å²) in [4.78, 5) is 30.2. The summed E-state index contributed by atoms with van der Waals surface area (Å²) in [5, 5.41) is 12.5. The number of H-pyrrole nitrogens is 1. The summed E-state index contributed by atoms with van der Waals surface area (Å²) in [7, 11) is -3.39. The maximum absolute atomic E-state index is 13.0. The number of aromatic nitrogens is 4. The molecule has 0 aromatic carbocycles. The molecule has 12 heteroatoms. The largest absolute Gasteiger partial charge is 0.350 e. The minimum absolute atomic E-state index is 0.199. The molecule has 4 heterocycles. The van der Waals surface area contributed by atoms with Gasteiger partial charge in [-0.1, -0.05) is 0 Å². The molecule has 2 aromatic heterocycles. The smallest absolute Gasteiger partial charge is 0.287 e. The van der Waals surface area contributed by atoms with Crippen LogP contribution in [0.5, 0.6) is 0 Å². The van der Waals surface area contributed by atoms with E-state index in [1.165, 1.54) is 0 Å². The molecule has 1 fully saturated rings. The predicted molar refractivity (Wildman–Crippen MR) is 114 cm³/mol. The highest BCUT2D eigenvalue weighted by atomic mass is 79.9. The first-order valence-corrected chi connectivity index (χ1v) is 13.0. The minimum atomic E-state index is -3.39. The number of hydrogen-bond acceptors (Lipinski definition) is 6. The lowest BCUT2D eigenvalue weighted by Crippen LogP contribution is -2.52. The molecule has 0 radical (unpaired) electrons. The number of halogens is 1. The fourth-order valence-electron chi connectivity index (χ4n) is 4.85. The van der Waals surface area contributed by atoms with Crippen LogP contribution in [0, 0.1) is 0 Å². The van der Waals surface area contributed by atoms with Crippen LogP contribution in [0.15, 0.2) is 10.8 Å². The lowest BCUT2D eigenvalue weighted by atomic mass is 10.0. The van der Waals surface area contributed by atoms with Crippen LogP contribution >= 0.6 is 15.9 Å². The van der Waals surface area contributed by atoms with E-state index in [1.54, 1.807) is 6.20 Å². The number of nitrogens with zero attached hydrogens (tertiary/aromatic N) is 3. The molecule has 3 N–H and O–H groups in total. The molecule has 1 saturated heterocycles. The van der Waals surface area contributed by atoms with E-state index in [1.807, 2.05) is 4.57 Å². The second-order valence-corrected chi connectivity index (χ2v) is 11.4. The average Bonchev–Trinajstić information content (AvgIpc) is 3.45. The number of carbonyl (C=O) groups is 2. The van der Waals surface area contributed by atoms with Crippen molar-refractivity contribution in [3.8, 4) is 0 Å². The number of carbonyl (C=O) groups excluding carboxylic acids is 2. The van der Waals surface area contributed by atoms with Gasteiger partial charge in [0.2, 0.25) is 5.91 Å². The molecule has 2 amide bonds. The Morgan fingerprint density at radius 1 is 1.16 bits per heavy atom. The monoisotopic (exact) mass is 510 g/mol. The minimum Gasteiger partial charge on any atom is -0.350 e. The van der Waals surface area contributed by atoms with Crippen LogP contribution in [-0.4, -0.2) is 63.6 Å². The number of hydrogen-bond donors (Lipinski definition) is 3. The van der Waals surface area contributed by atoms with Gasteiger partial charge in [-0.15, -0.1) is 0 Å². The maximum Gasteiger partial charge on any atom is 0.287 e. The number of fused-ring (bicyclic) bond motifs is 2. The number of amides is 2. The first-order chi connectivity index (χ1) is 14.8. The highest BCUT2D eigenvalue weighted by Crippen LogP contribution is 2.31. The molecule has 2 aliphatic heterocycles. The van der Waals surface area contributed by atoms with E-state index in [4.69, 9.17) is 0 Å². The molecule has 1 aliphatic carbocycles. The van der Waals surface area contributed by atoms with Crippen LogP contribution < -0.4 is 10.6 Å². The van der Waals surface area contributed by atoms with E-state index >= 15 is 0 Å². The Bertz CT molecular complexity index is 1160. The van der Waals surface area contributed by atoms with Crippen molar-refractivity contribution < 1.29 is 18.0 Å². The summed E-state index contributed by atoms with van der Waals surface area (Å²) < 4.78 is 27.2. The van der Waals surface area contributed by atoms with E-state index in [2.05, 4.69) is 41.7 Å². The van der Waals surface area contributed by atoms with Gasteiger partial charge >= 0.3 is 0 Å². The quantitative estimate of drug-likeness (QED) is 0.545. The summed E-state index contributed by atoms with van der Waals surface area (Å²) in [5.41, 5.74) is 2.78. The van der Waals surface area contributed by atoms with Crippen LogP contribution in [0.4, 0.5) is 0 Å². The first kappa shape index (κ1) is 20.7. The molecule has 10 nitrogen and oxygen atoms in total. The Morgan fingerprint density at radius 2 is 1.94 bits per heavy atom. The van der Waals surface area contributed by atoms with Crippen molar-refractivity contribution in [3.05, 3.63) is 33.6 Å². The lowest BCUT2D eigenvalue weighted by molar-refractivity contribution is -0.123. The average molecular weight is 511 g/mol. The van der Waals surface area contributed by atoms with Crippen molar-refractivity contribution in [1.82, 2.24) is 30.4 Å². The van der Waals surface area contributed by atoms with Crippen LogP contribution in [0.2, 0.25) is 0 Å². The highest BCUT2D eigenvalue weighted by Gasteiger charge is 2.42. The fourth-order valence-corrected chi connectivity index (χ4v) is 7.29. The van der Waals surface area contributed by atoms with Gasteiger partial charge in [-0.2, -0.15) is 5.10 Å². The van der Waals surface area contributed by atoms with Gasteiger partial charge in [-0.05, 0) is 53.6 Å². The van der Waals surface area contributed by atoms with Gasteiger partial charge in [0.15, 0.2) is 15.7 Å². The fraction of sp³-hybridized carbons (Fsp3) is 0.579. The van der Waals surface area contributed by atoms with Crippen LogP contribution in [-0.2, 0) is 34.0 Å². The van der Waals surface area contributed by atoms with E-state index in [9.17, 15) is 18.0 Å². The lowest BCUT2D eigenvalue weighted by Gasteiger charge is -2.23. The number of aryl methyl sites for hydroxylation is 1. The van der Waals surface area contributed by atoms with Crippen molar-refractivity contribution in [2.24, 2.45) is 0 Å². The molecule has 2 aromatic rings. The third kappa shape index (κ3) is 3.79. The maximum atomic E-state index is 13.0. The summed E-state index contributed by atoms with van der Waals surface area (Å²) in [6.45, 7) is 0.702. The summed E-state index contributed by atoms with van der Waals surface area (Å²) in [6, 6.07) is -1.40. The zero-order valence-corrected chi connectivity index (χ0v) is 19.1. The number of sulfone groups is 1. The summed E-state index contributed by atoms with van der Waals surface area (Å²) in [5.74, 6) is -1.19. The number of imidazole rings is 1. The molecular formula is C19H23BrN6O4S. The molecular weight excluding hydrogens is 488 g/mol. The topological polar surface area (TPSA) is 139 Å². The standard InChI is InChI=1S/C19H23BrN6O4S/c20-16-14-3-1-2-6-26(14)17(24-16)19(28)23-13-9-31(29,30)8-12(13)22-18(27)11-5-4-10-7-21-25-15(10)11/h7,11-13H,1-6,8-9H2,(H,21,25)(H,22,27)(H,23,28). The van der Waals surface area contributed by atoms with Crippen LogP contribution in [0.3, 0.4) is 0 Å². The second kappa shape index (κ2) is 7.73. The molecule has 0 spiro atoms. The Kier molecular flexibility index (Phi) is 5.16. The van der Waals surface area contributed by atoms with Crippen molar-refractivity contribution in [3.63, 3.8) is 0 Å². The van der Waals surface area contributed by atoms with Crippen LogP contribution in [0.25, 0.3) is 0 Å². The molecule has 0 saturated carbocycles. The van der Waals surface area contributed by atoms with E-state index in [-0.39, 0.29) is 29.2 Å². The molecule has 166 valence electrons. The third-order valence-electron chi connectivity index (χ3n) is 6.39. The van der Waals surface area contributed by atoms with Gasteiger partial charge in [-0.25, -0.2) is 13.4 Å². The third-order valence-corrected chi connectivity index (χ3v) is 8.76. The second-order valence-electron chi connectivity index (χ2n) is 8.45. The van der Waals surface area contributed by atoms with Crippen molar-refractivity contribution in [2.75, 3.05) is 11.5 Å². The zero-order valence-electron chi connectivity index (χ0n) is 16.7. The van der Waals surface area contributed by atoms with Crippen LogP contribution in [0.1, 0.15) is 52.8 Å². The van der Waals surface area contributed by atoms with Gasteiger partial charge in [0.05, 0.1) is 47.1 Å². The van der Waals surface area contributed by atoms with E-state index < -0.39 is 27.8 Å². The SMILES string of the molecule is O=C(NC1CS(=O)(=O)CC1NC(=O)C1CCc2cn[nH]c21)c1nc(Br)c2n1CCCC2. The Morgan fingerprint density at radius 3 is 2.74 bits per heavy atom. The van der Waals surface area contributed by atoms with Gasteiger partial charge < -0.3 is 15.2 Å². The number of nitrogens with one attached hydrogen (secondary N) is 3. The van der Waals surface area contributed by atoms with E-state index in [0.717, 1.165) is 42.6 Å². The Hall–Kier alpha value is -2.21. The zero-order chi connectivity index (χ0) is 21.8. The van der Waals surface area contributed by atoms with Crippen molar-refractivity contribution in [1.29, 1.82) is 0 Å². The van der Waals surface area contributed by atoms with Crippen molar-refractivity contribution >= 4 is 37.6 Å². The van der Waals surface area contributed by atoms with E-state index in [0.29, 0.717) is 17.6 Å². The molecule has 0 bridgehead atoms. The Labute approximate surface area is 187 Å². The van der Waals surface area contributed by atoms with Gasteiger partial charge in [-0.3, -0.25) is 14.7 Å². The predicted octanol–water partition coefficient (Wildman–Crippen LogP) is 0.447. The normalized spacial score (nSPS) is 26.3. The molecule has 3 unspecified atom stereocenters. The molecule has 3 atom stereocenters. The summed E-state index contributed by atoms with van der Waals surface area (Å²) in [6.07, 6.45) is 5.97. The van der Waals surface area contributed by atoms with Crippen molar-refractivity contribution in [2.45, 2.75) is 56.7 Å². The number of rotatable bonds is 4. The molecule has 5 rings (SSSR count). The Balaban J connectivity index is 1.32. The van der Waals surface area contributed by atoms with Gasteiger partial charge in [0.25, 0.3) is 5.91 Å².